The topological polar surface area (TPSA) is 58.1 Å². The van der Waals surface area contributed by atoms with Gasteiger partial charge in [-0.15, -0.1) is 0 Å². The molecule has 0 bridgehead atoms. The zero-order valence-corrected chi connectivity index (χ0v) is 15.5. The van der Waals surface area contributed by atoms with E-state index in [0.29, 0.717) is 18.1 Å². The molecule has 1 aromatic heterocycles. The largest absolute Gasteiger partial charge is 0.370 e. The van der Waals surface area contributed by atoms with Crippen LogP contribution in [-0.2, 0) is 6.54 Å². The van der Waals surface area contributed by atoms with Gasteiger partial charge in [-0.1, -0.05) is 61.9 Å². The van der Waals surface area contributed by atoms with Gasteiger partial charge < -0.3 is 10.2 Å². The standard InChI is InChI=1S/C22H24N4O/c1-2-3-14-23-21-15-20(24-17-25-21)22(27)26(19-12-8-5-9-13-19)16-18-10-6-4-7-11-18/h4-13,15,17H,2-3,14,16H2,1H3,(H,23,24,25). The lowest BCUT2D eigenvalue weighted by Gasteiger charge is -2.23. The van der Waals surface area contributed by atoms with Crippen molar-refractivity contribution in [2.45, 2.75) is 26.3 Å². The zero-order chi connectivity index (χ0) is 18.9. The van der Waals surface area contributed by atoms with Gasteiger partial charge in [0.1, 0.15) is 17.8 Å². The van der Waals surface area contributed by atoms with E-state index in [-0.39, 0.29) is 5.91 Å². The van der Waals surface area contributed by atoms with Gasteiger partial charge in [0.15, 0.2) is 0 Å². The molecule has 1 amide bonds. The van der Waals surface area contributed by atoms with Crippen molar-refractivity contribution in [2.24, 2.45) is 0 Å². The van der Waals surface area contributed by atoms with Gasteiger partial charge in [-0.3, -0.25) is 4.79 Å². The van der Waals surface area contributed by atoms with E-state index in [1.807, 2.05) is 60.7 Å². The Bertz CT molecular complexity index is 852. The van der Waals surface area contributed by atoms with E-state index < -0.39 is 0 Å². The summed E-state index contributed by atoms with van der Waals surface area (Å²) in [6.45, 7) is 3.44. The first-order chi connectivity index (χ1) is 13.3. The van der Waals surface area contributed by atoms with Gasteiger partial charge in [-0.2, -0.15) is 0 Å². The fraction of sp³-hybridized carbons (Fsp3) is 0.227. The Morgan fingerprint density at radius 1 is 1.00 bits per heavy atom. The Balaban J connectivity index is 1.85. The maximum atomic E-state index is 13.2. The molecule has 0 spiro atoms. The number of amides is 1. The van der Waals surface area contributed by atoms with Crippen LogP contribution in [0.25, 0.3) is 0 Å². The van der Waals surface area contributed by atoms with Crippen molar-refractivity contribution in [3.8, 4) is 0 Å². The van der Waals surface area contributed by atoms with Gasteiger partial charge in [0.2, 0.25) is 0 Å². The second-order valence-corrected chi connectivity index (χ2v) is 6.28. The number of nitrogens with one attached hydrogen (secondary N) is 1. The first-order valence-electron chi connectivity index (χ1n) is 9.24. The van der Waals surface area contributed by atoms with Gasteiger partial charge in [0.05, 0.1) is 6.54 Å². The third-order valence-electron chi connectivity index (χ3n) is 4.22. The summed E-state index contributed by atoms with van der Waals surface area (Å²) in [7, 11) is 0. The minimum absolute atomic E-state index is 0.147. The Hall–Kier alpha value is -3.21. The molecule has 5 heteroatoms. The van der Waals surface area contributed by atoms with E-state index in [0.717, 1.165) is 30.6 Å². The van der Waals surface area contributed by atoms with Crippen LogP contribution in [0.5, 0.6) is 0 Å². The molecule has 3 aromatic rings. The molecule has 0 radical (unpaired) electrons. The smallest absolute Gasteiger partial charge is 0.277 e. The minimum Gasteiger partial charge on any atom is -0.370 e. The van der Waals surface area contributed by atoms with Crippen molar-refractivity contribution in [1.82, 2.24) is 9.97 Å². The quantitative estimate of drug-likeness (QED) is 0.599. The highest BCUT2D eigenvalue weighted by molar-refractivity contribution is 6.05. The van der Waals surface area contributed by atoms with Crippen LogP contribution in [0.2, 0.25) is 0 Å². The van der Waals surface area contributed by atoms with E-state index in [4.69, 9.17) is 0 Å². The predicted octanol–water partition coefficient (Wildman–Crippen LogP) is 4.54. The van der Waals surface area contributed by atoms with Crippen LogP contribution in [0.3, 0.4) is 0 Å². The summed E-state index contributed by atoms with van der Waals surface area (Å²) in [5.74, 6) is 0.528. The predicted molar refractivity (Wildman–Crippen MR) is 109 cm³/mol. The molecule has 0 unspecified atom stereocenters. The summed E-state index contributed by atoms with van der Waals surface area (Å²) in [5.41, 5.74) is 2.28. The Labute approximate surface area is 160 Å². The van der Waals surface area contributed by atoms with E-state index in [1.165, 1.54) is 6.33 Å². The fourth-order valence-electron chi connectivity index (χ4n) is 2.76. The van der Waals surface area contributed by atoms with Crippen LogP contribution in [-0.4, -0.2) is 22.4 Å². The Kier molecular flexibility index (Phi) is 6.52. The van der Waals surface area contributed by atoms with Crippen molar-refractivity contribution in [2.75, 3.05) is 16.8 Å². The number of hydrogen-bond acceptors (Lipinski definition) is 4. The molecule has 2 aromatic carbocycles. The lowest BCUT2D eigenvalue weighted by molar-refractivity contribution is 0.0980. The molecule has 0 aliphatic rings. The molecule has 1 heterocycles. The van der Waals surface area contributed by atoms with E-state index >= 15 is 0 Å². The number of carbonyl (C=O) groups excluding carboxylic acids is 1. The lowest BCUT2D eigenvalue weighted by Crippen LogP contribution is -2.31. The molecule has 0 fully saturated rings. The van der Waals surface area contributed by atoms with Crippen LogP contribution in [0.1, 0.15) is 35.8 Å². The molecule has 0 aliphatic heterocycles. The molecule has 1 N–H and O–H groups in total. The zero-order valence-electron chi connectivity index (χ0n) is 15.5. The number of carbonyl (C=O) groups is 1. The van der Waals surface area contributed by atoms with Crippen LogP contribution in [0.15, 0.2) is 73.1 Å². The van der Waals surface area contributed by atoms with Gasteiger partial charge in [-0.25, -0.2) is 9.97 Å². The number of unbranched alkanes of at least 4 members (excludes halogenated alkanes) is 1. The normalized spacial score (nSPS) is 10.4. The van der Waals surface area contributed by atoms with Crippen LogP contribution >= 0.6 is 0 Å². The number of benzene rings is 2. The maximum Gasteiger partial charge on any atom is 0.277 e. The highest BCUT2D eigenvalue weighted by atomic mass is 16.2. The van der Waals surface area contributed by atoms with Gasteiger partial charge >= 0.3 is 0 Å². The molecular formula is C22H24N4O. The summed E-state index contributed by atoms with van der Waals surface area (Å²) in [6.07, 6.45) is 3.59. The van der Waals surface area contributed by atoms with Crippen molar-refractivity contribution in [1.29, 1.82) is 0 Å². The van der Waals surface area contributed by atoms with Gasteiger partial charge in [0, 0.05) is 18.3 Å². The molecule has 0 aliphatic carbocycles. The Morgan fingerprint density at radius 2 is 1.70 bits per heavy atom. The van der Waals surface area contributed by atoms with Crippen LogP contribution in [0, 0.1) is 0 Å². The number of hydrogen-bond donors (Lipinski definition) is 1. The summed E-state index contributed by atoms with van der Waals surface area (Å²) >= 11 is 0. The average Bonchev–Trinajstić information content (AvgIpc) is 2.73. The molecule has 5 nitrogen and oxygen atoms in total. The van der Waals surface area contributed by atoms with E-state index in [2.05, 4.69) is 22.2 Å². The Morgan fingerprint density at radius 3 is 2.41 bits per heavy atom. The number of para-hydroxylation sites is 1. The maximum absolute atomic E-state index is 13.2. The van der Waals surface area contributed by atoms with Crippen molar-refractivity contribution in [3.05, 3.63) is 84.3 Å². The van der Waals surface area contributed by atoms with Crippen molar-refractivity contribution in [3.63, 3.8) is 0 Å². The molecule has 0 saturated heterocycles. The third-order valence-corrected chi connectivity index (χ3v) is 4.22. The number of rotatable bonds is 8. The molecule has 0 saturated carbocycles. The summed E-state index contributed by atoms with van der Waals surface area (Å²) in [4.78, 5) is 23.4. The fourth-order valence-corrected chi connectivity index (χ4v) is 2.76. The first-order valence-corrected chi connectivity index (χ1v) is 9.24. The minimum atomic E-state index is -0.147. The lowest BCUT2D eigenvalue weighted by atomic mass is 10.1. The molecule has 27 heavy (non-hydrogen) atoms. The van der Waals surface area contributed by atoms with Crippen molar-refractivity contribution >= 4 is 17.4 Å². The number of nitrogens with zero attached hydrogens (tertiary/aromatic N) is 3. The highest BCUT2D eigenvalue weighted by Gasteiger charge is 2.20. The second-order valence-electron chi connectivity index (χ2n) is 6.28. The SMILES string of the molecule is CCCCNc1cc(C(=O)N(Cc2ccccc2)c2ccccc2)ncn1. The second kappa shape index (κ2) is 9.48. The van der Waals surface area contributed by atoms with Crippen molar-refractivity contribution < 1.29 is 4.79 Å². The summed E-state index contributed by atoms with van der Waals surface area (Å²) in [6, 6.07) is 21.3. The highest BCUT2D eigenvalue weighted by Crippen LogP contribution is 2.20. The molecular weight excluding hydrogens is 336 g/mol. The average molecular weight is 360 g/mol. The molecule has 138 valence electrons. The van der Waals surface area contributed by atoms with Crippen LogP contribution in [0.4, 0.5) is 11.5 Å². The molecule has 3 rings (SSSR count). The first kappa shape index (κ1) is 18.6. The van der Waals surface area contributed by atoms with Gasteiger partial charge in [-0.05, 0) is 24.1 Å². The number of anilines is 2. The summed E-state index contributed by atoms with van der Waals surface area (Å²) in [5, 5.41) is 3.25. The summed E-state index contributed by atoms with van der Waals surface area (Å²) < 4.78 is 0. The monoisotopic (exact) mass is 360 g/mol. The molecule has 0 atom stereocenters. The van der Waals surface area contributed by atoms with E-state index in [1.54, 1.807) is 11.0 Å². The van der Waals surface area contributed by atoms with E-state index in [9.17, 15) is 4.79 Å². The van der Waals surface area contributed by atoms with Gasteiger partial charge in [0.25, 0.3) is 5.91 Å². The number of aromatic nitrogens is 2. The third kappa shape index (κ3) is 5.14. The van der Waals surface area contributed by atoms with Crippen LogP contribution < -0.4 is 10.2 Å².